The van der Waals surface area contributed by atoms with Gasteiger partial charge in [-0.05, 0) is 12.8 Å². The second-order valence-corrected chi connectivity index (χ2v) is 19.7. The summed E-state index contributed by atoms with van der Waals surface area (Å²) in [7, 11) is 0. The molecule has 12 N–H and O–H groups in total. The van der Waals surface area contributed by atoms with E-state index in [0.29, 0.717) is 6.42 Å². The van der Waals surface area contributed by atoms with Crippen LogP contribution >= 0.6 is 11.8 Å². The number of hydrogen-bond donors (Lipinski definition) is 9. The molecule has 6 aromatic rings. The van der Waals surface area contributed by atoms with Crippen LogP contribution in [0.5, 0.6) is 0 Å². The molecule has 79 heavy (non-hydrogen) atoms. The highest BCUT2D eigenvalue weighted by atomic mass is 32.2. The number of hydrogen-bond acceptors (Lipinski definition) is 22. The largest absolute Gasteiger partial charge is 0.382 e. The maximum atomic E-state index is 14.0. The smallest absolute Gasteiger partial charge is 0.315 e. The minimum Gasteiger partial charge on any atom is -0.382 e. The molecule has 2 fully saturated rings. The summed E-state index contributed by atoms with van der Waals surface area (Å²) in [6.45, 7) is -2.35. The highest BCUT2D eigenvalue weighted by Crippen LogP contribution is 2.33. The van der Waals surface area contributed by atoms with Gasteiger partial charge in [0.15, 0.2) is 34.4 Å². The zero-order valence-corrected chi connectivity index (χ0v) is 43.6. The summed E-state index contributed by atoms with van der Waals surface area (Å²) < 4.78 is 4.25. The number of thioether (sulfide) groups is 1. The number of rotatable bonds is 26. The minimum absolute atomic E-state index is 0.0127. The third-order valence-electron chi connectivity index (χ3n) is 12.8. The van der Waals surface area contributed by atoms with Gasteiger partial charge in [-0.1, -0.05) is 6.42 Å². The van der Waals surface area contributed by atoms with Crippen LogP contribution in [0.2, 0.25) is 0 Å². The number of unbranched alkanes of at least 4 members (excludes halogenated alkanes) is 1. The maximum Gasteiger partial charge on any atom is 0.315 e. The van der Waals surface area contributed by atoms with Crippen LogP contribution in [0.1, 0.15) is 32.6 Å². The number of nitrogen functional groups attached to an aromatic ring is 3. The molecular weight excluding hydrogens is 1050 g/mol. The molecule has 0 unspecified atom stereocenters. The predicted octanol–water partition coefficient (Wildman–Crippen LogP) is -4.52. The number of nitrogens with one attached hydrogen (secondary N) is 6. The minimum atomic E-state index is -0.783. The molecule has 0 aromatic carbocycles. The highest BCUT2D eigenvalue weighted by Gasteiger charge is 2.42. The van der Waals surface area contributed by atoms with Gasteiger partial charge in [0.1, 0.15) is 61.7 Å². The molecule has 0 bridgehead atoms. The van der Waals surface area contributed by atoms with Crippen molar-refractivity contribution in [2.24, 2.45) is 0 Å². The van der Waals surface area contributed by atoms with E-state index in [1.807, 2.05) is 0 Å². The lowest BCUT2D eigenvalue weighted by molar-refractivity contribution is -0.138. The Morgan fingerprint density at radius 3 is 1.43 bits per heavy atom. The topological polar surface area (TPSA) is 444 Å². The lowest BCUT2D eigenvalue weighted by atomic mass is 10.0. The van der Waals surface area contributed by atoms with Crippen molar-refractivity contribution in [1.82, 2.24) is 105 Å². The Morgan fingerprint density at radius 1 is 0.582 bits per heavy atom. The van der Waals surface area contributed by atoms with Crippen LogP contribution < -0.4 is 49.1 Å². The number of amides is 10. The second kappa shape index (κ2) is 25.6. The fourth-order valence-electron chi connectivity index (χ4n) is 8.88. The number of nitrogens with zero attached hydrogens (tertiary/aromatic N) is 15. The van der Waals surface area contributed by atoms with Crippen LogP contribution in [-0.4, -0.2) is 209 Å². The van der Waals surface area contributed by atoms with Gasteiger partial charge in [-0.25, -0.2) is 49.7 Å². The van der Waals surface area contributed by atoms with Gasteiger partial charge in [0.25, 0.3) is 0 Å². The lowest BCUT2D eigenvalue weighted by Gasteiger charge is -2.25. The van der Waals surface area contributed by atoms with Crippen molar-refractivity contribution < 1.29 is 43.2 Å². The number of urea groups is 1. The number of nitrogens with two attached hydrogens (primary N) is 3. The van der Waals surface area contributed by atoms with Gasteiger partial charge in [-0.3, -0.25) is 43.7 Å². The Hall–Kier alpha value is -9.37. The first kappa shape index (κ1) is 55.9. The SMILES string of the molecule is CC(=O)NC(=O)CN(CCNC(=O)CN(CCNC(=O)CN(CCNC(=O)CCCC[C@@H]1SC[C@@H]2NC(=O)N[C@@H]21)C(=O)Cn1cnc2c(N)ncnc21)C(=O)Cn1cnc2c(N)ncnc21)C(=O)Cn1cnc2c(N)ncnc21. The number of aromatic nitrogens is 12. The van der Waals surface area contributed by atoms with Crippen molar-refractivity contribution in [2.75, 3.05) is 81.9 Å². The Bertz CT molecular complexity index is 3270. The Morgan fingerprint density at radius 2 is 1.00 bits per heavy atom. The third kappa shape index (κ3) is 14.4. The standard InChI is InChI=1S/C45H58N24O9S/c1-25(70)61-31(74)14-66(34(77)17-69-24-60-38-41(48)54-21-57-44(38)69)11-8-51-30(73)13-65(33(76)16-68-23-59-37-40(47)53-20-56-43(37)68)10-7-50-29(72)12-64(32(75)15-67-22-58-36-39(46)52-19-55-42(36)67)9-6-49-28(71)5-3-2-4-27-35-26(18-79-27)62-45(78)63-35/h19-24,26-27,35H,2-18H2,1H3,(H,49,71)(H,50,72)(H,51,73)(H2,46,52,55)(H2,47,53,56)(H2,48,54,57)(H,61,70,74)(H2,62,63,78)/t26-,27-,35-/m0/s1. The molecule has 0 spiro atoms. The molecule has 6 aromatic heterocycles. The molecule has 0 aliphatic carbocycles. The van der Waals surface area contributed by atoms with E-state index in [9.17, 15) is 43.2 Å². The van der Waals surface area contributed by atoms with Crippen LogP contribution in [0.15, 0.2) is 38.0 Å². The van der Waals surface area contributed by atoms with E-state index in [2.05, 4.69) is 76.8 Å². The number of carbonyl (C=O) groups is 9. The van der Waals surface area contributed by atoms with E-state index in [4.69, 9.17) is 17.2 Å². The van der Waals surface area contributed by atoms with Crippen molar-refractivity contribution >= 4 is 116 Å². The quantitative estimate of drug-likeness (QED) is 0.0182. The van der Waals surface area contributed by atoms with Gasteiger partial charge in [-0.15, -0.1) is 0 Å². The number of imide groups is 1. The summed E-state index contributed by atoms with van der Waals surface area (Å²) in [6.07, 6.45) is 10.1. The summed E-state index contributed by atoms with van der Waals surface area (Å²) in [4.78, 5) is 158. The van der Waals surface area contributed by atoms with Gasteiger partial charge >= 0.3 is 6.03 Å². The van der Waals surface area contributed by atoms with E-state index in [1.54, 1.807) is 11.8 Å². The van der Waals surface area contributed by atoms with Crippen molar-refractivity contribution in [3.63, 3.8) is 0 Å². The lowest BCUT2D eigenvalue weighted by Crippen LogP contribution is -2.49. The number of anilines is 3. The van der Waals surface area contributed by atoms with Crippen molar-refractivity contribution in [3.8, 4) is 0 Å². The molecule has 8 heterocycles. The first-order valence-electron chi connectivity index (χ1n) is 24.9. The predicted molar refractivity (Wildman–Crippen MR) is 281 cm³/mol. The van der Waals surface area contributed by atoms with Crippen LogP contribution in [0.3, 0.4) is 0 Å². The van der Waals surface area contributed by atoms with E-state index in [-0.39, 0.29) is 146 Å². The van der Waals surface area contributed by atoms with E-state index < -0.39 is 61.0 Å². The van der Waals surface area contributed by atoms with Gasteiger partial charge in [0.05, 0.1) is 44.2 Å². The molecule has 2 saturated heterocycles. The molecule has 33 nitrogen and oxygen atoms in total. The number of imidazole rings is 3. The molecule has 2 aliphatic heterocycles. The van der Waals surface area contributed by atoms with E-state index in [0.717, 1.165) is 35.3 Å². The maximum absolute atomic E-state index is 14.0. The first-order valence-corrected chi connectivity index (χ1v) is 25.9. The summed E-state index contributed by atoms with van der Waals surface area (Å²) in [5.41, 5.74) is 19.4. The fourth-order valence-corrected chi connectivity index (χ4v) is 10.4. The van der Waals surface area contributed by atoms with Crippen LogP contribution in [-0.2, 0) is 58.0 Å². The molecule has 2 aliphatic rings. The molecule has 418 valence electrons. The third-order valence-corrected chi connectivity index (χ3v) is 14.3. The van der Waals surface area contributed by atoms with Crippen LogP contribution in [0.4, 0.5) is 22.2 Å². The number of fused-ring (bicyclic) bond motifs is 4. The summed E-state index contributed by atoms with van der Waals surface area (Å²) in [6, 6.07) is 0.0111. The molecule has 8 rings (SSSR count). The zero-order valence-electron chi connectivity index (χ0n) is 42.7. The average Bonchev–Trinajstić information content (AvgIpc) is 4.41. The van der Waals surface area contributed by atoms with Crippen LogP contribution in [0, 0.1) is 0 Å². The van der Waals surface area contributed by atoms with Gasteiger partial charge in [0, 0.05) is 63.6 Å². The van der Waals surface area contributed by atoms with Crippen molar-refractivity contribution in [3.05, 3.63) is 38.0 Å². The average molecular weight is 1110 g/mol. The molecule has 34 heteroatoms. The Kier molecular flexibility index (Phi) is 18.1. The van der Waals surface area contributed by atoms with Crippen molar-refractivity contribution in [2.45, 2.75) is 69.6 Å². The van der Waals surface area contributed by atoms with E-state index in [1.165, 1.54) is 56.6 Å². The summed E-state index contributed by atoms with van der Waals surface area (Å²) >= 11 is 1.80. The number of carbonyl (C=O) groups excluding carboxylic acids is 9. The fraction of sp³-hybridized carbons (Fsp3) is 0.467. The van der Waals surface area contributed by atoms with E-state index >= 15 is 0 Å². The molecule has 0 saturated carbocycles. The Labute approximate surface area is 452 Å². The van der Waals surface area contributed by atoms with Gasteiger partial charge in [0.2, 0.25) is 47.3 Å². The second-order valence-electron chi connectivity index (χ2n) is 18.4. The van der Waals surface area contributed by atoms with Crippen LogP contribution in [0.25, 0.3) is 33.5 Å². The highest BCUT2D eigenvalue weighted by molar-refractivity contribution is 8.00. The molecule has 10 amide bonds. The molecular formula is C45H58N24O9S. The Balaban J connectivity index is 0.885. The zero-order chi connectivity index (χ0) is 56.2. The normalized spacial score (nSPS) is 15.5. The molecule has 3 atom stereocenters. The van der Waals surface area contributed by atoms with Gasteiger partial charge in [-0.2, -0.15) is 11.8 Å². The summed E-state index contributed by atoms with van der Waals surface area (Å²) in [5, 5.41) is 16.5. The van der Waals surface area contributed by atoms with Crippen molar-refractivity contribution in [1.29, 1.82) is 0 Å². The first-order chi connectivity index (χ1) is 38.0. The van der Waals surface area contributed by atoms with Gasteiger partial charge < -0.3 is 72.2 Å². The monoisotopic (exact) mass is 1110 g/mol. The molecule has 0 radical (unpaired) electrons. The summed E-state index contributed by atoms with van der Waals surface area (Å²) in [5.74, 6) is -3.62.